The molecule has 3 heterocycles. The molecule has 0 atom stereocenters. The van der Waals surface area contributed by atoms with E-state index in [-0.39, 0.29) is 11.9 Å². The predicted octanol–water partition coefficient (Wildman–Crippen LogP) is 3.15. The second-order valence-electron chi connectivity index (χ2n) is 5.93. The van der Waals surface area contributed by atoms with Gasteiger partial charge in [-0.2, -0.15) is 0 Å². The van der Waals surface area contributed by atoms with E-state index >= 15 is 0 Å². The summed E-state index contributed by atoms with van der Waals surface area (Å²) in [4.78, 5) is 11.1. The number of piperidine rings is 1. The molecule has 1 aliphatic heterocycles. The number of aliphatic hydroxyl groups excluding tert-OH is 1. The van der Waals surface area contributed by atoms with E-state index < -0.39 is 0 Å². The van der Waals surface area contributed by atoms with Crippen LogP contribution in [-0.2, 0) is 0 Å². The summed E-state index contributed by atoms with van der Waals surface area (Å²) in [5, 5.41) is 10.0. The van der Waals surface area contributed by atoms with E-state index in [2.05, 4.69) is 14.9 Å². The van der Waals surface area contributed by atoms with Crippen molar-refractivity contribution in [3.05, 3.63) is 47.6 Å². The summed E-state index contributed by atoms with van der Waals surface area (Å²) in [5.74, 6) is 0.417. The lowest BCUT2D eigenvalue weighted by molar-refractivity contribution is 0.145. The van der Waals surface area contributed by atoms with Gasteiger partial charge < -0.3 is 10.0 Å². The summed E-state index contributed by atoms with van der Waals surface area (Å²) in [7, 11) is 0. The second-order valence-corrected chi connectivity index (χ2v) is 6.34. The number of fused-ring (bicyclic) bond motifs is 1. The standard InChI is InChI=1S/C17H16ClFN4O/c18-14-9-11(19)1-2-13(14)15-10-21-17-16(20-5-8-23(15)17)22-6-3-12(24)4-7-22/h1-2,5,8-10,12,24H,3-4,6-7H2. The number of hydrogen-bond acceptors (Lipinski definition) is 4. The highest BCUT2D eigenvalue weighted by Gasteiger charge is 2.21. The molecule has 0 spiro atoms. The summed E-state index contributed by atoms with van der Waals surface area (Å²) >= 11 is 6.19. The summed E-state index contributed by atoms with van der Waals surface area (Å²) in [6, 6.07) is 4.33. The van der Waals surface area contributed by atoms with Crippen LogP contribution in [0, 0.1) is 5.82 Å². The summed E-state index contributed by atoms with van der Waals surface area (Å²) in [6.45, 7) is 1.49. The maximum absolute atomic E-state index is 13.3. The highest BCUT2D eigenvalue weighted by Crippen LogP contribution is 2.31. The van der Waals surface area contributed by atoms with Crippen LogP contribution in [0.25, 0.3) is 16.9 Å². The SMILES string of the molecule is OC1CCN(c2nccn3c(-c4ccc(F)cc4Cl)cnc23)CC1. The van der Waals surface area contributed by atoms with Crippen LogP contribution in [0.5, 0.6) is 0 Å². The number of aliphatic hydroxyl groups is 1. The Labute approximate surface area is 143 Å². The average molecular weight is 347 g/mol. The van der Waals surface area contributed by atoms with Crippen LogP contribution >= 0.6 is 11.6 Å². The van der Waals surface area contributed by atoms with Gasteiger partial charge >= 0.3 is 0 Å². The maximum atomic E-state index is 13.3. The summed E-state index contributed by atoms with van der Waals surface area (Å²) < 4.78 is 15.2. The number of anilines is 1. The summed E-state index contributed by atoms with van der Waals surface area (Å²) in [5.41, 5.74) is 2.23. The number of rotatable bonds is 2. The van der Waals surface area contributed by atoms with Gasteiger partial charge in [0.15, 0.2) is 11.5 Å². The first-order valence-electron chi connectivity index (χ1n) is 7.84. The van der Waals surface area contributed by atoms with Gasteiger partial charge in [-0.3, -0.25) is 4.40 Å². The third-order valence-electron chi connectivity index (χ3n) is 4.38. The van der Waals surface area contributed by atoms with Gasteiger partial charge in [0.1, 0.15) is 5.82 Å². The fourth-order valence-corrected chi connectivity index (χ4v) is 3.37. The quantitative estimate of drug-likeness (QED) is 0.774. The van der Waals surface area contributed by atoms with Crippen LogP contribution in [0.1, 0.15) is 12.8 Å². The van der Waals surface area contributed by atoms with Gasteiger partial charge in [0.05, 0.1) is 23.0 Å². The molecule has 0 bridgehead atoms. The highest BCUT2D eigenvalue weighted by atomic mass is 35.5. The van der Waals surface area contributed by atoms with Gasteiger partial charge in [0, 0.05) is 31.0 Å². The first kappa shape index (κ1) is 15.4. The van der Waals surface area contributed by atoms with Gasteiger partial charge in [-0.05, 0) is 31.0 Å². The fourth-order valence-electron chi connectivity index (χ4n) is 3.10. The van der Waals surface area contributed by atoms with Crippen LogP contribution < -0.4 is 4.90 Å². The van der Waals surface area contributed by atoms with Crippen molar-refractivity contribution in [2.24, 2.45) is 0 Å². The van der Waals surface area contributed by atoms with Gasteiger partial charge in [0.2, 0.25) is 0 Å². The number of imidazole rings is 1. The van der Waals surface area contributed by atoms with Crippen LogP contribution in [0.3, 0.4) is 0 Å². The van der Waals surface area contributed by atoms with Crippen LogP contribution in [0.15, 0.2) is 36.8 Å². The van der Waals surface area contributed by atoms with Crippen LogP contribution in [0.4, 0.5) is 10.2 Å². The van der Waals surface area contributed by atoms with Crippen molar-refractivity contribution < 1.29 is 9.50 Å². The smallest absolute Gasteiger partial charge is 0.180 e. The lowest BCUT2D eigenvalue weighted by Gasteiger charge is -2.30. The van der Waals surface area contributed by atoms with Crippen molar-refractivity contribution in [2.45, 2.75) is 18.9 Å². The zero-order valence-electron chi connectivity index (χ0n) is 12.9. The topological polar surface area (TPSA) is 53.7 Å². The first-order valence-corrected chi connectivity index (χ1v) is 8.22. The second kappa shape index (κ2) is 6.03. The monoisotopic (exact) mass is 346 g/mol. The van der Waals surface area contributed by atoms with Crippen LogP contribution in [-0.4, -0.2) is 38.7 Å². The molecule has 0 radical (unpaired) electrons. The molecule has 7 heteroatoms. The minimum Gasteiger partial charge on any atom is -0.393 e. The van der Waals surface area contributed by atoms with Crippen molar-refractivity contribution in [1.82, 2.24) is 14.4 Å². The minimum atomic E-state index is -0.369. The van der Waals surface area contributed by atoms with E-state index in [4.69, 9.17) is 11.6 Å². The van der Waals surface area contributed by atoms with Crippen molar-refractivity contribution in [2.75, 3.05) is 18.0 Å². The molecule has 24 heavy (non-hydrogen) atoms. The van der Waals surface area contributed by atoms with E-state index in [1.165, 1.54) is 12.1 Å². The van der Waals surface area contributed by atoms with E-state index in [0.717, 1.165) is 48.7 Å². The zero-order chi connectivity index (χ0) is 16.7. The largest absolute Gasteiger partial charge is 0.393 e. The molecule has 124 valence electrons. The molecule has 0 saturated carbocycles. The van der Waals surface area contributed by atoms with Crippen molar-refractivity contribution in [3.8, 4) is 11.3 Å². The maximum Gasteiger partial charge on any atom is 0.180 e. The van der Waals surface area contributed by atoms with Crippen molar-refractivity contribution in [1.29, 1.82) is 0 Å². The zero-order valence-corrected chi connectivity index (χ0v) is 13.6. The molecule has 1 fully saturated rings. The van der Waals surface area contributed by atoms with Crippen molar-refractivity contribution >= 4 is 23.1 Å². The number of halogens is 2. The molecule has 0 amide bonds. The van der Waals surface area contributed by atoms with Crippen LogP contribution in [0.2, 0.25) is 5.02 Å². The normalized spacial score (nSPS) is 16.0. The van der Waals surface area contributed by atoms with Gasteiger partial charge in [-0.25, -0.2) is 14.4 Å². The van der Waals surface area contributed by atoms with E-state index in [1.54, 1.807) is 18.5 Å². The molecule has 1 N–H and O–H groups in total. The highest BCUT2D eigenvalue weighted by molar-refractivity contribution is 6.33. The Balaban J connectivity index is 1.79. The molecular formula is C17H16ClFN4O. The predicted molar refractivity (Wildman–Crippen MR) is 90.8 cm³/mol. The molecule has 1 aliphatic rings. The Morgan fingerprint density at radius 1 is 1.21 bits per heavy atom. The van der Waals surface area contributed by atoms with Gasteiger partial charge in [-0.15, -0.1) is 0 Å². The molecular weight excluding hydrogens is 331 g/mol. The Hall–Kier alpha value is -2.18. The van der Waals surface area contributed by atoms with E-state index in [1.807, 2.05) is 10.6 Å². The Morgan fingerprint density at radius 2 is 2.00 bits per heavy atom. The lowest BCUT2D eigenvalue weighted by Crippen LogP contribution is -2.36. The van der Waals surface area contributed by atoms with Gasteiger partial charge in [-0.1, -0.05) is 11.6 Å². The third-order valence-corrected chi connectivity index (χ3v) is 4.69. The average Bonchev–Trinajstić information content (AvgIpc) is 3.00. The Morgan fingerprint density at radius 3 is 2.75 bits per heavy atom. The molecule has 4 rings (SSSR count). The first-order chi connectivity index (χ1) is 11.6. The van der Waals surface area contributed by atoms with Crippen molar-refractivity contribution in [3.63, 3.8) is 0 Å². The minimum absolute atomic E-state index is 0.241. The Kier molecular flexibility index (Phi) is 3.86. The molecule has 3 aromatic rings. The number of benzene rings is 1. The molecule has 1 aromatic carbocycles. The van der Waals surface area contributed by atoms with E-state index in [0.29, 0.717) is 5.02 Å². The number of aromatic nitrogens is 3. The number of hydrogen-bond donors (Lipinski definition) is 1. The molecule has 1 saturated heterocycles. The fraction of sp³-hybridized carbons (Fsp3) is 0.294. The molecule has 0 aliphatic carbocycles. The molecule has 0 unspecified atom stereocenters. The van der Waals surface area contributed by atoms with Gasteiger partial charge in [0.25, 0.3) is 0 Å². The molecule has 2 aromatic heterocycles. The van der Waals surface area contributed by atoms with E-state index in [9.17, 15) is 9.50 Å². The Bertz CT molecular complexity index is 889. The third kappa shape index (κ3) is 2.61. The lowest BCUT2D eigenvalue weighted by atomic mass is 10.1. The summed E-state index contributed by atoms with van der Waals surface area (Å²) in [6.07, 6.45) is 6.46. The molecule has 5 nitrogen and oxygen atoms in total. The number of nitrogens with zero attached hydrogens (tertiary/aromatic N) is 4.